The van der Waals surface area contributed by atoms with Crippen molar-refractivity contribution < 1.29 is 9.32 Å². The molecule has 0 aliphatic carbocycles. The number of aromatic nitrogens is 1. The zero-order valence-corrected chi connectivity index (χ0v) is 7.54. The third-order valence-electron chi connectivity index (χ3n) is 1.57. The molecular weight excluding hydrogens is 222 g/mol. The normalized spacial score (nSPS) is 10.4. The van der Waals surface area contributed by atoms with Crippen molar-refractivity contribution in [2.75, 3.05) is 0 Å². The van der Waals surface area contributed by atoms with Crippen LogP contribution in [0, 0.1) is 0 Å². The molecule has 0 aliphatic heterocycles. The van der Waals surface area contributed by atoms with E-state index in [-0.39, 0.29) is 0 Å². The van der Waals surface area contributed by atoms with Crippen LogP contribution in [0.4, 0.5) is 0 Å². The highest BCUT2D eigenvalue weighted by Crippen LogP contribution is 2.21. The van der Waals surface area contributed by atoms with Crippen molar-refractivity contribution in [1.29, 1.82) is 0 Å². The molecule has 0 atom stereocenters. The Hall–Kier alpha value is -1.16. The fraction of sp³-hybridized carbons (Fsp3) is 0. The van der Waals surface area contributed by atoms with Crippen LogP contribution in [-0.4, -0.2) is 11.4 Å². The fourth-order valence-corrected chi connectivity index (χ4v) is 1.38. The highest BCUT2D eigenvalue weighted by atomic mass is 79.9. The van der Waals surface area contributed by atoms with Gasteiger partial charge in [-0.3, -0.25) is 4.79 Å². The molecule has 3 nitrogen and oxygen atoms in total. The van der Waals surface area contributed by atoms with Gasteiger partial charge in [0.1, 0.15) is 0 Å². The van der Waals surface area contributed by atoms with E-state index in [1.54, 1.807) is 12.1 Å². The van der Waals surface area contributed by atoms with E-state index in [0.717, 1.165) is 9.86 Å². The highest BCUT2D eigenvalue weighted by Gasteiger charge is 2.06. The second-order valence-electron chi connectivity index (χ2n) is 2.33. The summed E-state index contributed by atoms with van der Waals surface area (Å²) in [4.78, 5) is 10.5. The Morgan fingerprint density at radius 2 is 2.33 bits per heavy atom. The lowest BCUT2D eigenvalue weighted by Crippen LogP contribution is -1.77. The first-order valence-corrected chi connectivity index (χ1v) is 4.10. The van der Waals surface area contributed by atoms with Gasteiger partial charge in [-0.2, -0.15) is 0 Å². The molecular formula is C8H4BrNO2. The third kappa shape index (κ3) is 1.04. The van der Waals surface area contributed by atoms with E-state index in [9.17, 15) is 4.79 Å². The maximum atomic E-state index is 10.5. The maximum absolute atomic E-state index is 10.5. The van der Waals surface area contributed by atoms with Crippen molar-refractivity contribution in [1.82, 2.24) is 5.16 Å². The summed E-state index contributed by atoms with van der Waals surface area (Å²) in [7, 11) is 0. The number of hydrogen-bond donors (Lipinski definition) is 0. The van der Waals surface area contributed by atoms with E-state index >= 15 is 0 Å². The predicted octanol–water partition coefficient (Wildman–Crippen LogP) is 2.40. The van der Waals surface area contributed by atoms with E-state index in [4.69, 9.17) is 4.52 Å². The molecule has 0 radical (unpaired) electrons. The molecule has 0 saturated carbocycles. The van der Waals surface area contributed by atoms with Gasteiger partial charge in [0.25, 0.3) is 0 Å². The summed E-state index contributed by atoms with van der Waals surface area (Å²) in [5, 5.41) is 4.33. The Kier molecular flexibility index (Phi) is 1.69. The molecule has 0 bridgehead atoms. The van der Waals surface area contributed by atoms with Gasteiger partial charge in [0, 0.05) is 4.47 Å². The third-order valence-corrected chi connectivity index (χ3v) is 2.06. The predicted molar refractivity (Wildman–Crippen MR) is 47.1 cm³/mol. The van der Waals surface area contributed by atoms with E-state index < -0.39 is 0 Å². The number of hydrogen-bond acceptors (Lipinski definition) is 3. The van der Waals surface area contributed by atoms with Crippen LogP contribution in [0.15, 0.2) is 27.2 Å². The lowest BCUT2D eigenvalue weighted by Gasteiger charge is -1.87. The number of nitrogens with zero attached hydrogens (tertiary/aromatic N) is 1. The number of carbonyl (C=O) groups excluding carboxylic acids is 1. The van der Waals surface area contributed by atoms with Gasteiger partial charge < -0.3 is 4.52 Å². The van der Waals surface area contributed by atoms with Gasteiger partial charge in [0.2, 0.25) is 0 Å². The number of carbonyl (C=O) groups is 1. The first-order valence-electron chi connectivity index (χ1n) is 3.31. The fourth-order valence-electron chi connectivity index (χ4n) is 1.01. The molecule has 12 heavy (non-hydrogen) atoms. The van der Waals surface area contributed by atoms with E-state index in [2.05, 4.69) is 21.1 Å². The largest absolute Gasteiger partial charge is 0.356 e. The zero-order valence-electron chi connectivity index (χ0n) is 5.95. The van der Waals surface area contributed by atoms with Gasteiger partial charge in [-0.15, -0.1) is 0 Å². The first kappa shape index (κ1) is 7.49. The van der Waals surface area contributed by atoms with Gasteiger partial charge in [-0.25, -0.2) is 0 Å². The standard InChI is InChI=1S/C8H4BrNO2/c9-5-1-2-8-6(3-5)7(4-11)10-12-8/h1-4H. The minimum Gasteiger partial charge on any atom is -0.356 e. The Morgan fingerprint density at radius 1 is 1.50 bits per heavy atom. The Bertz CT molecular complexity index is 436. The molecule has 2 aromatic rings. The summed E-state index contributed by atoms with van der Waals surface area (Å²) >= 11 is 3.30. The second kappa shape index (κ2) is 2.71. The molecule has 0 N–H and O–H groups in total. The van der Waals surface area contributed by atoms with Crippen LogP contribution in [0.1, 0.15) is 10.5 Å². The molecule has 60 valence electrons. The maximum Gasteiger partial charge on any atom is 0.172 e. The number of fused-ring (bicyclic) bond motifs is 1. The van der Waals surface area contributed by atoms with E-state index in [1.807, 2.05) is 6.07 Å². The summed E-state index contributed by atoms with van der Waals surface area (Å²) in [6.07, 6.45) is 0.679. The lowest BCUT2D eigenvalue weighted by molar-refractivity contribution is 0.111. The number of benzene rings is 1. The average Bonchev–Trinajstić information content (AvgIpc) is 2.46. The summed E-state index contributed by atoms with van der Waals surface area (Å²) in [5.74, 6) is 0. The number of rotatable bonds is 1. The Balaban J connectivity index is 2.83. The van der Waals surface area contributed by atoms with E-state index in [0.29, 0.717) is 17.6 Å². The van der Waals surface area contributed by atoms with Crippen molar-refractivity contribution in [3.63, 3.8) is 0 Å². The quantitative estimate of drug-likeness (QED) is 0.701. The van der Waals surface area contributed by atoms with Gasteiger partial charge in [0.05, 0.1) is 5.39 Å². The molecule has 0 unspecified atom stereocenters. The lowest BCUT2D eigenvalue weighted by atomic mass is 10.2. The van der Waals surface area contributed by atoms with Gasteiger partial charge in [-0.05, 0) is 18.2 Å². The number of aldehydes is 1. The summed E-state index contributed by atoms with van der Waals surface area (Å²) < 4.78 is 5.80. The second-order valence-corrected chi connectivity index (χ2v) is 3.24. The van der Waals surface area contributed by atoms with Gasteiger partial charge in [0.15, 0.2) is 17.6 Å². The number of halogens is 1. The first-order chi connectivity index (χ1) is 5.81. The molecule has 2 rings (SSSR count). The van der Waals surface area contributed by atoms with Crippen LogP contribution in [0.3, 0.4) is 0 Å². The topological polar surface area (TPSA) is 43.1 Å². The van der Waals surface area contributed by atoms with Crippen LogP contribution in [-0.2, 0) is 0 Å². The average molecular weight is 226 g/mol. The van der Waals surface area contributed by atoms with Crippen LogP contribution >= 0.6 is 15.9 Å². The Morgan fingerprint density at radius 3 is 3.08 bits per heavy atom. The Labute approximate surface area is 76.5 Å². The van der Waals surface area contributed by atoms with E-state index in [1.165, 1.54) is 0 Å². The molecule has 1 aromatic carbocycles. The van der Waals surface area contributed by atoms with Crippen molar-refractivity contribution in [3.8, 4) is 0 Å². The van der Waals surface area contributed by atoms with Crippen LogP contribution in [0.2, 0.25) is 0 Å². The minimum absolute atomic E-state index is 0.339. The van der Waals surface area contributed by atoms with Crippen molar-refractivity contribution in [2.45, 2.75) is 0 Å². The summed E-state index contributed by atoms with van der Waals surface area (Å²) in [5.41, 5.74) is 0.964. The molecule has 0 fully saturated rings. The van der Waals surface area contributed by atoms with Crippen LogP contribution < -0.4 is 0 Å². The molecule has 1 aromatic heterocycles. The molecule has 0 amide bonds. The summed E-state index contributed by atoms with van der Waals surface area (Å²) in [6.45, 7) is 0. The molecule has 0 spiro atoms. The van der Waals surface area contributed by atoms with Gasteiger partial charge >= 0.3 is 0 Å². The minimum atomic E-state index is 0.339. The molecule has 1 heterocycles. The smallest absolute Gasteiger partial charge is 0.172 e. The molecule has 0 aliphatic rings. The van der Waals surface area contributed by atoms with Crippen molar-refractivity contribution >= 4 is 33.2 Å². The summed E-state index contributed by atoms with van der Waals surface area (Å²) in [6, 6.07) is 5.40. The van der Waals surface area contributed by atoms with Crippen LogP contribution in [0.5, 0.6) is 0 Å². The van der Waals surface area contributed by atoms with Crippen molar-refractivity contribution in [3.05, 3.63) is 28.4 Å². The van der Waals surface area contributed by atoms with Crippen LogP contribution in [0.25, 0.3) is 11.0 Å². The SMILES string of the molecule is O=Cc1noc2ccc(Br)cc12. The van der Waals surface area contributed by atoms with Crippen molar-refractivity contribution in [2.24, 2.45) is 0 Å². The molecule has 4 heteroatoms. The highest BCUT2D eigenvalue weighted by molar-refractivity contribution is 9.10. The monoisotopic (exact) mass is 225 g/mol. The zero-order chi connectivity index (χ0) is 8.55. The van der Waals surface area contributed by atoms with Gasteiger partial charge in [-0.1, -0.05) is 21.1 Å². The molecule has 0 saturated heterocycles.